The van der Waals surface area contributed by atoms with Crippen molar-refractivity contribution in [1.29, 1.82) is 0 Å². The Hall–Kier alpha value is -3.34. The van der Waals surface area contributed by atoms with E-state index in [4.69, 9.17) is 29.4 Å². The minimum absolute atomic E-state index is 0.0132. The van der Waals surface area contributed by atoms with Gasteiger partial charge in [0.15, 0.2) is 11.5 Å². The lowest BCUT2D eigenvalue weighted by Gasteiger charge is -2.28. The summed E-state index contributed by atoms with van der Waals surface area (Å²) in [5.41, 5.74) is 6.41. The molecule has 1 aromatic carbocycles. The van der Waals surface area contributed by atoms with Crippen LogP contribution in [-0.2, 0) is 23.8 Å². The number of aliphatic carboxylic acids is 1. The van der Waals surface area contributed by atoms with Gasteiger partial charge in [0.2, 0.25) is 0 Å². The fraction of sp³-hybridized carbons (Fsp3) is 0.655. The maximum absolute atomic E-state index is 12.6. The molecule has 1 rings (SSSR count). The third-order valence-electron chi connectivity index (χ3n) is 6.55. The number of ether oxygens (including phenoxy) is 5. The zero-order valence-corrected chi connectivity index (χ0v) is 25.0. The van der Waals surface area contributed by atoms with Gasteiger partial charge in [0.05, 0.1) is 6.61 Å². The Bertz CT molecular complexity index is 1010. The molecule has 0 aliphatic heterocycles. The van der Waals surface area contributed by atoms with Crippen molar-refractivity contribution in [3.63, 3.8) is 0 Å². The highest BCUT2D eigenvalue weighted by molar-refractivity contribution is 5.75. The summed E-state index contributed by atoms with van der Waals surface area (Å²) in [5, 5.41) is 9.70. The number of nitrogens with two attached hydrogens (primary N) is 1. The van der Waals surface area contributed by atoms with E-state index in [1.807, 2.05) is 41.5 Å². The summed E-state index contributed by atoms with van der Waals surface area (Å²) in [4.78, 5) is 49.0. The van der Waals surface area contributed by atoms with E-state index in [1.165, 1.54) is 18.2 Å². The predicted octanol–water partition coefficient (Wildman–Crippen LogP) is 5.53. The van der Waals surface area contributed by atoms with Gasteiger partial charge in [-0.05, 0) is 55.2 Å². The van der Waals surface area contributed by atoms with E-state index >= 15 is 0 Å². The van der Waals surface area contributed by atoms with Crippen molar-refractivity contribution in [1.82, 2.24) is 0 Å². The van der Waals surface area contributed by atoms with Gasteiger partial charge in [-0.25, -0.2) is 9.59 Å². The van der Waals surface area contributed by atoms with Gasteiger partial charge in [0, 0.05) is 12.3 Å². The van der Waals surface area contributed by atoms with E-state index in [0.29, 0.717) is 5.56 Å². The molecule has 0 aliphatic rings. The minimum Gasteiger partial charge on any atom is -0.480 e. The molecule has 4 unspecified atom stereocenters. The largest absolute Gasteiger partial charge is 0.514 e. The third-order valence-corrected chi connectivity index (χ3v) is 6.55. The molecule has 11 nitrogen and oxygen atoms in total. The molecule has 11 heteroatoms. The summed E-state index contributed by atoms with van der Waals surface area (Å²) in [5.74, 6) is -3.27. The first kappa shape index (κ1) is 34.7. The van der Waals surface area contributed by atoms with Crippen LogP contribution in [0.3, 0.4) is 0 Å². The summed E-state index contributed by atoms with van der Waals surface area (Å²) in [6.07, 6.45) is -2.74. The van der Waals surface area contributed by atoms with Gasteiger partial charge < -0.3 is 34.5 Å². The number of benzene rings is 1. The van der Waals surface area contributed by atoms with Crippen LogP contribution in [0.4, 0.5) is 9.59 Å². The fourth-order valence-electron chi connectivity index (χ4n) is 3.46. The molecule has 0 aliphatic carbocycles. The maximum Gasteiger partial charge on any atom is 0.514 e. The van der Waals surface area contributed by atoms with Gasteiger partial charge in [-0.3, -0.25) is 9.59 Å². The van der Waals surface area contributed by atoms with Crippen LogP contribution in [0.15, 0.2) is 18.2 Å². The van der Waals surface area contributed by atoms with E-state index in [0.717, 1.165) is 0 Å². The average Bonchev–Trinajstić information content (AvgIpc) is 2.83. The van der Waals surface area contributed by atoms with Gasteiger partial charge in [0.25, 0.3) is 0 Å². The number of carbonyl (C=O) groups is 4. The number of esters is 1. The average molecular weight is 568 g/mol. The van der Waals surface area contributed by atoms with Crippen molar-refractivity contribution in [2.75, 3.05) is 6.61 Å². The number of hydrogen-bond donors (Lipinski definition) is 2. The van der Waals surface area contributed by atoms with E-state index in [2.05, 4.69) is 0 Å². The van der Waals surface area contributed by atoms with Gasteiger partial charge >= 0.3 is 24.2 Å². The van der Waals surface area contributed by atoms with Crippen LogP contribution >= 0.6 is 0 Å². The normalized spacial score (nSPS) is 15.1. The molecule has 226 valence electrons. The second-order valence-corrected chi connectivity index (χ2v) is 11.2. The Morgan fingerprint density at radius 1 is 0.800 bits per heavy atom. The second-order valence-electron chi connectivity index (χ2n) is 11.2. The van der Waals surface area contributed by atoms with Gasteiger partial charge in [-0.1, -0.05) is 54.5 Å². The minimum atomic E-state index is -1.39. The van der Waals surface area contributed by atoms with Crippen LogP contribution in [0, 0.1) is 23.7 Å². The zero-order valence-electron chi connectivity index (χ0n) is 25.0. The molecule has 3 N–H and O–H groups in total. The van der Waals surface area contributed by atoms with Crippen LogP contribution < -0.4 is 15.2 Å². The Morgan fingerprint density at radius 2 is 1.30 bits per heavy atom. The van der Waals surface area contributed by atoms with Crippen LogP contribution in [0.2, 0.25) is 0 Å². The number of hydrogen-bond acceptors (Lipinski definition) is 10. The van der Waals surface area contributed by atoms with E-state index in [-0.39, 0.29) is 42.3 Å². The number of carboxylic acid groups (broad SMARTS) is 1. The molecule has 0 heterocycles. The lowest BCUT2D eigenvalue weighted by molar-refractivity contribution is -0.146. The topological polar surface area (TPSA) is 161 Å². The van der Waals surface area contributed by atoms with Crippen LogP contribution in [-0.4, -0.2) is 54.2 Å². The first-order chi connectivity index (χ1) is 18.5. The van der Waals surface area contributed by atoms with Gasteiger partial charge in [-0.15, -0.1) is 0 Å². The van der Waals surface area contributed by atoms with E-state index in [1.54, 1.807) is 20.8 Å². The molecule has 0 aromatic heterocycles. The second kappa shape index (κ2) is 16.1. The molecule has 40 heavy (non-hydrogen) atoms. The van der Waals surface area contributed by atoms with Crippen molar-refractivity contribution in [2.45, 2.75) is 92.9 Å². The predicted molar refractivity (Wildman–Crippen MR) is 147 cm³/mol. The standard InChI is InChI=1S/C29H45NO10/c1-15(2)12-24(31)36-14-18(7)25(26(30)27(32)33)21-10-11-22(39-28(34)37-19(8)16(3)4)23(13-21)40-29(35)38-20(9)17(5)6/h10-11,13,15-20,25-26H,12,14,30H2,1-9H3,(H,32,33)/t18?,19?,20?,25?,26-/m0/s1. The van der Waals surface area contributed by atoms with Crippen molar-refractivity contribution < 1.29 is 48.0 Å². The maximum atomic E-state index is 12.6. The number of rotatable bonds is 14. The van der Waals surface area contributed by atoms with Crippen molar-refractivity contribution in [2.24, 2.45) is 29.4 Å². The first-order valence-electron chi connectivity index (χ1n) is 13.6. The highest BCUT2D eigenvalue weighted by Crippen LogP contribution is 2.36. The summed E-state index contributed by atoms with van der Waals surface area (Å²) in [6, 6.07) is 2.83. The highest BCUT2D eigenvalue weighted by Gasteiger charge is 2.33. The fourth-order valence-corrected chi connectivity index (χ4v) is 3.46. The summed E-state index contributed by atoms with van der Waals surface area (Å²) in [6.45, 7) is 16.3. The quantitative estimate of drug-likeness (QED) is 0.165. The smallest absolute Gasteiger partial charge is 0.480 e. The summed E-state index contributed by atoms with van der Waals surface area (Å²) >= 11 is 0. The van der Waals surface area contributed by atoms with E-state index in [9.17, 15) is 24.3 Å². The molecular formula is C29H45NO10. The molecule has 0 bridgehead atoms. The van der Waals surface area contributed by atoms with Crippen molar-refractivity contribution >= 4 is 24.2 Å². The van der Waals surface area contributed by atoms with Crippen molar-refractivity contribution in [3.8, 4) is 11.5 Å². The Kier molecular flexibility index (Phi) is 13.9. The molecular weight excluding hydrogens is 522 g/mol. The first-order valence-corrected chi connectivity index (χ1v) is 13.6. The molecule has 0 saturated carbocycles. The highest BCUT2D eigenvalue weighted by atomic mass is 16.7. The monoisotopic (exact) mass is 567 g/mol. The summed E-state index contributed by atoms with van der Waals surface area (Å²) < 4.78 is 26.6. The lowest BCUT2D eigenvalue weighted by atomic mass is 9.82. The van der Waals surface area contributed by atoms with Crippen molar-refractivity contribution in [3.05, 3.63) is 23.8 Å². The Morgan fingerprint density at radius 3 is 1.75 bits per heavy atom. The SMILES string of the molecule is CC(C)CC(=O)OCC(C)C(c1ccc(OC(=O)OC(C)C(C)C)c(OC(=O)OC(C)C(C)C)c1)[C@H](N)C(=O)O. The van der Waals surface area contributed by atoms with Crippen LogP contribution in [0.5, 0.6) is 11.5 Å². The number of carbonyl (C=O) groups excluding carboxylic acids is 3. The molecule has 0 amide bonds. The molecule has 0 spiro atoms. The third kappa shape index (κ3) is 11.4. The molecule has 0 radical (unpaired) electrons. The molecule has 1 aromatic rings. The lowest BCUT2D eigenvalue weighted by Crippen LogP contribution is -2.40. The number of carboxylic acids is 1. The van der Waals surface area contributed by atoms with E-state index < -0.39 is 54.3 Å². The van der Waals surface area contributed by atoms with Gasteiger partial charge in [-0.2, -0.15) is 0 Å². The van der Waals surface area contributed by atoms with Crippen LogP contribution in [0.25, 0.3) is 0 Å². The van der Waals surface area contributed by atoms with Gasteiger partial charge in [0.1, 0.15) is 18.2 Å². The van der Waals surface area contributed by atoms with Crippen LogP contribution in [0.1, 0.15) is 80.2 Å². The molecule has 5 atom stereocenters. The Balaban J connectivity index is 3.39. The summed E-state index contributed by atoms with van der Waals surface area (Å²) in [7, 11) is 0. The zero-order chi connectivity index (χ0) is 30.7. The molecule has 0 fully saturated rings. The Labute approximate surface area is 236 Å². The molecule has 0 saturated heterocycles.